The van der Waals surface area contributed by atoms with Crippen LogP contribution >= 0.6 is 11.8 Å². The molecule has 150 valence electrons. The third-order valence-corrected chi connectivity index (χ3v) is 5.36. The molecule has 1 amide bonds. The number of rotatable bonds is 4. The van der Waals surface area contributed by atoms with Gasteiger partial charge in [0.15, 0.2) is 22.8 Å². The number of nitrogens with zero attached hydrogens (tertiary/aromatic N) is 2. The highest BCUT2D eigenvalue weighted by Crippen LogP contribution is 2.38. The number of aliphatic hydroxyl groups excluding tert-OH is 1. The Kier molecular flexibility index (Phi) is 5.60. The first-order chi connectivity index (χ1) is 14.0. The number of para-hydroxylation sites is 1. The van der Waals surface area contributed by atoms with Gasteiger partial charge in [-0.2, -0.15) is 0 Å². The quantitative estimate of drug-likeness (QED) is 0.778. The van der Waals surface area contributed by atoms with Gasteiger partial charge in [-0.25, -0.2) is 0 Å². The Balaban J connectivity index is 1.67. The summed E-state index contributed by atoms with van der Waals surface area (Å²) in [6.45, 7) is 4.18. The van der Waals surface area contributed by atoms with E-state index in [9.17, 15) is 9.90 Å². The van der Waals surface area contributed by atoms with Crippen LogP contribution in [0.15, 0.2) is 58.4 Å². The molecule has 6 nitrogen and oxygen atoms in total. The van der Waals surface area contributed by atoms with Crippen molar-refractivity contribution >= 4 is 34.6 Å². The van der Waals surface area contributed by atoms with Crippen molar-refractivity contribution in [3.63, 3.8) is 0 Å². The first kappa shape index (κ1) is 19.5. The molecule has 1 atom stereocenters. The van der Waals surface area contributed by atoms with Gasteiger partial charge in [-0.15, -0.1) is 0 Å². The zero-order chi connectivity index (χ0) is 20.4. The lowest BCUT2D eigenvalue weighted by molar-refractivity contribution is -0.113. The van der Waals surface area contributed by atoms with Gasteiger partial charge in [-0.05, 0) is 61.5 Å². The maximum atomic E-state index is 13.2. The van der Waals surface area contributed by atoms with E-state index < -0.39 is 0 Å². The Hall–Kier alpha value is -2.77. The SMILES string of the molecule is CC(C)/N=C1\S/C(=C\c2ccc3c(c2)OC(CO)CO3)C(=O)N1c1ccccc1. The molecule has 0 radical (unpaired) electrons. The molecule has 0 spiro atoms. The summed E-state index contributed by atoms with van der Waals surface area (Å²) < 4.78 is 11.4. The van der Waals surface area contributed by atoms with Crippen LogP contribution in [-0.4, -0.2) is 41.5 Å². The molecule has 0 aliphatic carbocycles. The Labute approximate surface area is 173 Å². The maximum Gasteiger partial charge on any atom is 0.271 e. The number of amides is 1. The summed E-state index contributed by atoms with van der Waals surface area (Å²) in [5.41, 5.74) is 1.61. The molecule has 0 saturated carbocycles. The van der Waals surface area contributed by atoms with Crippen LogP contribution in [0.5, 0.6) is 11.5 Å². The van der Waals surface area contributed by atoms with Gasteiger partial charge >= 0.3 is 0 Å². The number of ether oxygens (including phenoxy) is 2. The predicted molar refractivity (Wildman–Crippen MR) is 116 cm³/mol. The second-order valence-corrected chi connectivity index (χ2v) is 8.04. The number of benzene rings is 2. The zero-order valence-electron chi connectivity index (χ0n) is 16.2. The Morgan fingerprint density at radius 3 is 2.76 bits per heavy atom. The number of hydrogen-bond acceptors (Lipinski definition) is 6. The molecule has 0 aromatic heterocycles. The van der Waals surface area contributed by atoms with Gasteiger partial charge < -0.3 is 14.6 Å². The van der Waals surface area contributed by atoms with Crippen molar-refractivity contribution in [3.8, 4) is 11.5 Å². The lowest BCUT2D eigenvalue weighted by atomic mass is 10.1. The van der Waals surface area contributed by atoms with Crippen LogP contribution in [0, 0.1) is 0 Å². The number of anilines is 1. The molecule has 4 rings (SSSR count). The molecule has 2 heterocycles. The van der Waals surface area contributed by atoms with E-state index in [1.807, 2.05) is 68.5 Å². The molecule has 1 fully saturated rings. The van der Waals surface area contributed by atoms with Crippen LogP contribution in [0.25, 0.3) is 6.08 Å². The van der Waals surface area contributed by atoms with Gasteiger partial charge in [0.25, 0.3) is 5.91 Å². The van der Waals surface area contributed by atoms with E-state index in [0.29, 0.717) is 28.2 Å². The second kappa shape index (κ2) is 8.31. The van der Waals surface area contributed by atoms with Crippen molar-refractivity contribution in [2.75, 3.05) is 18.1 Å². The summed E-state index contributed by atoms with van der Waals surface area (Å²) in [6, 6.07) is 15.1. The third kappa shape index (κ3) is 4.16. The molecule has 0 bridgehead atoms. The van der Waals surface area contributed by atoms with Crippen LogP contribution in [0.3, 0.4) is 0 Å². The van der Waals surface area contributed by atoms with Gasteiger partial charge in [0.05, 0.1) is 17.2 Å². The minimum Gasteiger partial charge on any atom is -0.486 e. The molecule has 29 heavy (non-hydrogen) atoms. The smallest absolute Gasteiger partial charge is 0.271 e. The number of aliphatic hydroxyl groups is 1. The molecule has 2 aromatic rings. The van der Waals surface area contributed by atoms with E-state index in [4.69, 9.17) is 9.47 Å². The number of thioether (sulfide) groups is 1. The highest BCUT2D eigenvalue weighted by Gasteiger charge is 2.34. The highest BCUT2D eigenvalue weighted by atomic mass is 32.2. The summed E-state index contributed by atoms with van der Waals surface area (Å²) in [4.78, 5) is 20.0. The van der Waals surface area contributed by atoms with Gasteiger partial charge in [0.1, 0.15) is 6.61 Å². The third-order valence-electron chi connectivity index (χ3n) is 4.38. The van der Waals surface area contributed by atoms with Crippen LogP contribution in [-0.2, 0) is 4.79 Å². The summed E-state index contributed by atoms with van der Waals surface area (Å²) in [7, 11) is 0. The van der Waals surface area contributed by atoms with E-state index in [0.717, 1.165) is 11.3 Å². The molecule has 1 unspecified atom stereocenters. The fraction of sp³-hybridized carbons (Fsp3) is 0.273. The van der Waals surface area contributed by atoms with Crippen molar-refractivity contribution in [2.45, 2.75) is 26.0 Å². The molecule has 2 aliphatic heterocycles. The Morgan fingerprint density at radius 1 is 1.24 bits per heavy atom. The first-order valence-electron chi connectivity index (χ1n) is 9.46. The van der Waals surface area contributed by atoms with Crippen molar-refractivity contribution in [2.24, 2.45) is 4.99 Å². The van der Waals surface area contributed by atoms with Gasteiger partial charge in [0, 0.05) is 6.04 Å². The number of carbonyl (C=O) groups excluding carboxylic acids is 1. The van der Waals surface area contributed by atoms with Crippen molar-refractivity contribution in [1.82, 2.24) is 0 Å². The number of amidine groups is 1. The van der Waals surface area contributed by atoms with Gasteiger partial charge in [0.2, 0.25) is 0 Å². The van der Waals surface area contributed by atoms with Gasteiger partial charge in [-0.3, -0.25) is 14.7 Å². The van der Waals surface area contributed by atoms with Crippen molar-refractivity contribution < 1.29 is 19.4 Å². The molecular formula is C22H22N2O4S. The standard InChI is InChI=1S/C22H22N2O4S/c1-14(2)23-22-24(16-6-4-3-5-7-16)21(26)20(29-22)11-15-8-9-18-19(10-15)28-17(12-25)13-27-18/h3-11,14,17,25H,12-13H2,1-2H3/b20-11-,23-22-. The fourth-order valence-corrected chi connectivity index (χ4v) is 4.16. The Morgan fingerprint density at radius 2 is 2.03 bits per heavy atom. The molecule has 2 aromatic carbocycles. The van der Waals surface area contributed by atoms with Crippen LogP contribution in [0.2, 0.25) is 0 Å². The number of aliphatic imine (C=N–C) groups is 1. The minimum atomic E-state index is -0.383. The zero-order valence-corrected chi connectivity index (χ0v) is 17.1. The monoisotopic (exact) mass is 410 g/mol. The van der Waals surface area contributed by atoms with E-state index in [2.05, 4.69) is 4.99 Å². The fourth-order valence-electron chi connectivity index (χ4n) is 3.05. The van der Waals surface area contributed by atoms with E-state index in [1.54, 1.807) is 4.90 Å². The number of carbonyl (C=O) groups is 1. The number of fused-ring (bicyclic) bond motifs is 1. The molecule has 2 aliphatic rings. The lowest BCUT2D eigenvalue weighted by Gasteiger charge is -2.25. The average molecular weight is 410 g/mol. The second-order valence-electron chi connectivity index (χ2n) is 7.03. The topological polar surface area (TPSA) is 71.4 Å². The molecule has 1 N–H and O–H groups in total. The normalized spacial score (nSPS) is 21.4. The molecule has 7 heteroatoms. The van der Waals surface area contributed by atoms with Crippen LogP contribution in [0.1, 0.15) is 19.4 Å². The molecule has 1 saturated heterocycles. The summed E-state index contributed by atoms with van der Waals surface area (Å²) in [6.07, 6.45) is 1.45. The van der Waals surface area contributed by atoms with Crippen LogP contribution in [0.4, 0.5) is 5.69 Å². The average Bonchev–Trinajstić information content (AvgIpc) is 3.02. The van der Waals surface area contributed by atoms with Crippen molar-refractivity contribution in [3.05, 3.63) is 59.0 Å². The van der Waals surface area contributed by atoms with Crippen LogP contribution < -0.4 is 14.4 Å². The highest BCUT2D eigenvalue weighted by molar-refractivity contribution is 8.19. The van der Waals surface area contributed by atoms with Gasteiger partial charge in [-0.1, -0.05) is 24.3 Å². The first-order valence-corrected chi connectivity index (χ1v) is 10.3. The summed E-state index contributed by atoms with van der Waals surface area (Å²) >= 11 is 1.36. The van der Waals surface area contributed by atoms with E-state index in [-0.39, 0.29) is 24.7 Å². The maximum absolute atomic E-state index is 13.2. The van der Waals surface area contributed by atoms with E-state index >= 15 is 0 Å². The number of hydrogen-bond donors (Lipinski definition) is 1. The largest absolute Gasteiger partial charge is 0.486 e. The van der Waals surface area contributed by atoms with Crippen molar-refractivity contribution in [1.29, 1.82) is 0 Å². The summed E-state index contributed by atoms with van der Waals surface area (Å²) in [5, 5.41) is 9.97. The lowest BCUT2D eigenvalue weighted by Crippen LogP contribution is -2.32. The minimum absolute atomic E-state index is 0.0700. The molecular weight excluding hydrogens is 388 g/mol. The summed E-state index contributed by atoms with van der Waals surface area (Å²) in [5.74, 6) is 1.09. The predicted octanol–water partition coefficient (Wildman–Crippen LogP) is 3.70. The Bertz CT molecular complexity index is 972. The van der Waals surface area contributed by atoms with E-state index in [1.165, 1.54) is 11.8 Å².